The second-order valence-electron chi connectivity index (χ2n) is 5.15. The molecule has 0 spiro atoms. The van der Waals surface area contributed by atoms with Crippen LogP contribution in [0.1, 0.15) is 20.3 Å². The topological polar surface area (TPSA) is 69.6 Å². The molecule has 2 amide bonds. The fraction of sp³-hybridized carbons (Fsp3) is 0.833. The second kappa shape index (κ2) is 7.28. The first-order valence-electron chi connectivity index (χ1n) is 6.27. The first-order chi connectivity index (χ1) is 8.85. The molecule has 1 saturated heterocycles. The molecule has 2 N–H and O–H groups in total. The number of carbonyl (C=O) groups is 2. The molecule has 0 bridgehead atoms. The summed E-state index contributed by atoms with van der Waals surface area (Å²) in [5.41, 5.74) is 0. The van der Waals surface area contributed by atoms with Gasteiger partial charge in [0.15, 0.2) is 0 Å². The van der Waals surface area contributed by atoms with E-state index in [-0.39, 0.29) is 10.8 Å². The molecule has 5 nitrogen and oxygen atoms in total. The maximum Gasteiger partial charge on any atom is 0.326 e. The summed E-state index contributed by atoms with van der Waals surface area (Å²) in [6.07, 6.45) is 2.37. The zero-order valence-electron chi connectivity index (χ0n) is 11.6. The molecule has 1 rings (SSSR count). The Morgan fingerprint density at radius 1 is 1.53 bits per heavy atom. The van der Waals surface area contributed by atoms with Gasteiger partial charge in [0.1, 0.15) is 6.04 Å². The molecule has 0 aromatic rings. The first kappa shape index (κ1) is 16.5. The Bertz CT molecular complexity index is 337. The van der Waals surface area contributed by atoms with Crippen molar-refractivity contribution >= 4 is 35.5 Å². The third-order valence-electron chi connectivity index (χ3n) is 2.92. The summed E-state index contributed by atoms with van der Waals surface area (Å²) in [5.74, 6) is 0.648. The third kappa shape index (κ3) is 5.52. The van der Waals surface area contributed by atoms with Crippen molar-refractivity contribution in [3.63, 3.8) is 0 Å². The van der Waals surface area contributed by atoms with E-state index in [4.69, 9.17) is 5.11 Å². The van der Waals surface area contributed by atoms with Crippen LogP contribution in [0.2, 0.25) is 0 Å². The number of nitrogens with one attached hydrogen (secondary N) is 1. The van der Waals surface area contributed by atoms with E-state index in [0.717, 1.165) is 11.5 Å². The SMILES string of the molecule is CSCCC(NC(=O)N1CCSC(C)(C)C1)C(=O)O. The Kier molecular flexibility index (Phi) is 6.32. The number of hydrogen-bond acceptors (Lipinski definition) is 4. The maximum atomic E-state index is 12.1. The second-order valence-corrected chi connectivity index (χ2v) is 7.94. The van der Waals surface area contributed by atoms with Gasteiger partial charge < -0.3 is 15.3 Å². The van der Waals surface area contributed by atoms with Crippen molar-refractivity contribution in [3.05, 3.63) is 0 Å². The van der Waals surface area contributed by atoms with E-state index in [1.807, 2.05) is 18.0 Å². The molecule has 1 atom stereocenters. The average Bonchev–Trinajstić information content (AvgIpc) is 2.32. The van der Waals surface area contributed by atoms with Crippen molar-refractivity contribution in [2.24, 2.45) is 0 Å². The quantitative estimate of drug-likeness (QED) is 0.809. The zero-order chi connectivity index (χ0) is 14.5. The van der Waals surface area contributed by atoms with Gasteiger partial charge >= 0.3 is 12.0 Å². The number of amides is 2. The highest BCUT2D eigenvalue weighted by Crippen LogP contribution is 2.29. The highest BCUT2D eigenvalue weighted by molar-refractivity contribution is 8.00. The Hall–Kier alpha value is -0.560. The number of nitrogens with zero attached hydrogens (tertiary/aromatic N) is 1. The summed E-state index contributed by atoms with van der Waals surface area (Å²) in [5, 5.41) is 11.7. The lowest BCUT2D eigenvalue weighted by molar-refractivity contribution is -0.139. The van der Waals surface area contributed by atoms with E-state index in [1.54, 1.807) is 16.7 Å². The Morgan fingerprint density at radius 2 is 2.21 bits per heavy atom. The summed E-state index contributed by atoms with van der Waals surface area (Å²) in [6.45, 7) is 5.52. The van der Waals surface area contributed by atoms with Crippen molar-refractivity contribution in [2.75, 3.05) is 30.9 Å². The van der Waals surface area contributed by atoms with E-state index in [0.29, 0.717) is 19.5 Å². The molecule has 7 heteroatoms. The van der Waals surface area contributed by atoms with Crippen LogP contribution in [0.25, 0.3) is 0 Å². The van der Waals surface area contributed by atoms with Crippen molar-refractivity contribution in [3.8, 4) is 0 Å². The molecule has 0 aliphatic carbocycles. The summed E-state index contributed by atoms with van der Waals surface area (Å²) < 4.78 is 0.0353. The Morgan fingerprint density at radius 3 is 2.74 bits per heavy atom. The van der Waals surface area contributed by atoms with Crippen molar-refractivity contribution < 1.29 is 14.7 Å². The molecular formula is C12H22N2O3S2. The monoisotopic (exact) mass is 306 g/mol. The minimum atomic E-state index is -0.965. The maximum absolute atomic E-state index is 12.1. The molecule has 1 heterocycles. The number of urea groups is 1. The average molecular weight is 306 g/mol. The van der Waals surface area contributed by atoms with Crippen LogP contribution in [0, 0.1) is 0 Å². The van der Waals surface area contributed by atoms with Crippen LogP contribution < -0.4 is 5.32 Å². The number of rotatable bonds is 5. The van der Waals surface area contributed by atoms with Crippen molar-refractivity contribution in [1.29, 1.82) is 0 Å². The van der Waals surface area contributed by atoms with Gasteiger partial charge in [0, 0.05) is 23.6 Å². The van der Waals surface area contributed by atoms with Gasteiger partial charge in [-0.1, -0.05) is 0 Å². The fourth-order valence-corrected chi connectivity index (χ4v) is 3.51. The van der Waals surface area contributed by atoms with E-state index < -0.39 is 12.0 Å². The molecule has 1 unspecified atom stereocenters. The number of aliphatic carboxylic acids is 1. The van der Waals surface area contributed by atoms with Crippen LogP contribution in [0.5, 0.6) is 0 Å². The summed E-state index contributed by atoms with van der Waals surface area (Å²) >= 11 is 3.42. The number of carbonyl (C=O) groups excluding carboxylic acids is 1. The number of carboxylic acids is 1. The van der Waals surface area contributed by atoms with Crippen LogP contribution in [-0.2, 0) is 4.79 Å². The van der Waals surface area contributed by atoms with Gasteiger partial charge in [-0.25, -0.2) is 9.59 Å². The lowest BCUT2D eigenvalue weighted by atomic mass is 10.2. The van der Waals surface area contributed by atoms with Crippen LogP contribution in [0.15, 0.2) is 0 Å². The van der Waals surface area contributed by atoms with E-state index in [1.165, 1.54) is 0 Å². The van der Waals surface area contributed by atoms with Crippen molar-refractivity contribution in [1.82, 2.24) is 10.2 Å². The standard InChI is InChI=1S/C12H22N2O3S2/c1-12(2)8-14(5-7-19-12)11(17)13-9(10(15)16)4-6-18-3/h9H,4-8H2,1-3H3,(H,13,17)(H,15,16). The lowest BCUT2D eigenvalue weighted by Crippen LogP contribution is -2.53. The molecule has 1 aliphatic rings. The molecule has 0 aromatic heterocycles. The van der Waals surface area contributed by atoms with Gasteiger partial charge in [0.2, 0.25) is 0 Å². The van der Waals surface area contributed by atoms with Crippen LogP contribution in [-0.4, -0.2) is 63.6 Å². The van der Waals surface area contributed by atoms with Gasteiger partial charge in [-0.05, 0) is 32.3 Å². The minimum absolute atomic E-state index is 0.0353. The van der Waals surface area contributed by atoms with Crippen LogP contribution in [0.3, 0.4) is 0 Å². The zero-order valence-corrected chi connectivity index (χ0v) is 13.3. The molecule has 19 heavy (non-hydrogen) atoms. The predicted molar refractivity (Wildman–Crippen MR) is 81.1 cm³/mol. The smallest absolute Gasteiger partial charge is 0.326 e. The molecule has 110 valence electrons. The normalized spacial score (nSPS) is 19.8. The van der Waals surface area contributed by atoms with Gasteiger partial charge in [-0.2, -0.15) is 23.5 Å². The summed E-state index contributed by atoms with van der Waals surface area (Å²) in [4.78, 5) is 24.9. The lowest BCUT2D eigenvalue weighted by Gasteiger charge is -2.37. The van der Waals surface area contributed by atoms with Crippen LogP contribution >= 0.6 is 23.5 Å². The Balaban J connectivity index is 2.54. The minimum Gasteiger partial charge on any atom is -0.480 e. The first-order valence-corrected chi connectivity index (χ1v) is 8.65. The van der Waals surface area contributed by atoms with Crippen LogP contribution in [0.4, 0.5) is 4.79 Å². The molecule has 1 aliphatic heterocycles. The molecular weight excluding hydrogens is 284 g/mol. The molecule has 1 fully saturated rings. The van der Waals surface area contributed by atoms with Crippen molar-refractivity contribution in [2.45, 2.75) is 31.1 Å². The molecule has 0 saturated carbocycles. The highest BCUT2D eigenvalue weighted by Gasteiger charge is 2.31. The number of hydrogen-bond donors (Lipinski definition) is 2. The summed E-state index contributed by atoms with van der Waals surface area (Å²) in [7, 11) is 0. The van der Waals surface area contributed by atoms with E-state index in [2.05, 4.69) is 19.2 Å². The third-order valence-corrected chi connectivity index (χ3v) is 4.86. The molecule has 0 aromatic carbocycles. The van der Waals surface area contributed by atoms with Gasteiger partial charge in [-0.15, -0.1) is 0 Å². The van der Waals surface area contributed by atoms with E-state index in [9.17, 15) is 9.59 Å². The highest BCUT2D eigenvalue weighted by atomic mass is 32.2. The Labute approximate surface area is 122 Å². The van der Waals surface area contributed by atoms with Gasteiger partial charge in [0.25, 0.3) is 0 Å². The molecule has 0 radical (unpaired) electrons. The fourth-order valence-electron chi connectivity index (χ4n) is 1.92. The van der Waals surface area contributed by atoms with Gasteiger partial charge in [-0.3, -0.25) is 0 Å². The number of thioether (sulfide) groups is 2. The number of carboxylic acid groups (broad SMARTS) is 1. The predicted octanol–water partition coefficient (Wildman–Crippen LogP) is 1.73. The van der Waals surface area contributed by atoms with E-state index >= 15 is 0 Å². The largest absolute Gasteiger partial charge is 0.480 e. The van der Waals surface area contributed by atoms with Gasteiger partial charge in [0.05, 0.1) is 0 Å². The summed E-state index contributed by atoms with van der Waals surface area (Å²) in [6, 6.07) is -1.06.